The van der Waals surface area contributed by atoms with Crippen LogP contribution in [-0.2, 0) is 11.0 Å². The summed E-state index contributed by atoms with van der Waals surface area (Å²) in [5.41, 5.74) is -0.778. The van der Waals surface area contributed by atoms with E-state index in [-0.39, 0.29) is 24.3 Å². The molecule has 7 heteroatoms. The van der Waals surface area contributed by atoms with Crippen LogP contribution < -0.4 is 5.32 Å². The molecular weight excluding hydrogens is 263 g/mol. The molecule has 2 unspecified atom stereocenters. The molecule has 0 saturated carbocycles. The van der Waals surface area contributed by atoms with Gasteiger partial charge < -0.3 is 15.5 Å². The molecule has 1 aromatic rings. The largest absolute Gasteiger partial charge is 0.508 e. The summed E-state index contributed by atoms with van der Waals surface area (Å²) < 4.78 is 37.8. The molecule has 0 aromatic heterocycles. The first-order chi connectivity index (χ1) is 8.79. The Kier molecular flexibility index (Phi) is 3.40. The first-order valence-corrected chi connectivity index (χ1v) is 5.65. The van der Waals surface area contributed by atoms with E-state index < -0.39 is 29.7 Å². The fourth-order valence-electron chi connectivity index (χ4n) is 2.17. The molecule has 1 saturated heterocycles. The molecule has 1 heterocycles. The normalized spacial score (nSPS) is 23.5. The molecule has 3 N–H and O–H groups in total. The Labute approximate surface area is 106 Å². The number of alkyl halides is 3. The van der Waals surface area contributed by atoms with Gasteiger partial charge in [-0.3, -0.25) is 4.79 Å². The Balaban J connectivity index is 2.28. The molecule has 0 bridgehead atoms. The second-order valence-electron chi connectivity index (χ2n) is 4.50. The van der Waals surface area contributed by atoms with Gasteiger partial charge in [-0.25, -0.2) is 0 Å². The standard InChI is InChI=1S/C12H12F3NO3/c13-12(14,15)7-1-2-10(17)8(4-7)9-3-6(5-16-9)11(18)19/h1-2,4,6,9,16-17H,3,5H2,(H,18,19). The molecule has 104 valence electrons. The molecule has 0 aliphatic carbocycles. The zero-order valence-electron chi connectivity index (χ0n) is 9.74. The minimum Gasteiger partial charge on any atom is -0.508 e. The van der Waals surface area contributed by atoms with Gasteiger partial charge in [-0.1, -0.05) is 0 Å². The summed E-state index contributed by atoms with van der Waals surface area (Å²) in [6.07, 6.45) is -4.34. The van der Waals surface area contributed by atoms with E-state index in [4.69, 9.17) is 5.11 Å². The lowest BCUT2D eigenvalue weighted by Crippen LogP contribution is -2.17. The van der Waals surface area contributed by atoms with E-state index in [0.29, 0.717) is 0 Å². The first kappa shape index (κ1) is 13.7. The van der Waals surface area contributed by atoms with Crippen LogP contribution in [0.2, 0.25) is 0 Å². The lowest BCUT2D eigenvalue weighted by atomic mass is 9.97. The van der Waals surface area contributed by atoms with Crippen LogP contribution in [0.15, 0.2) is 18.2 Å². The second-order valence-corrected chi connectivity index (χ2v) is 4.50. The van der Waals surface area contributed by atoms with Crippen LogP contribution in [0.1, 0.15) is 23.6 Å². The number of aromatic hydroxyl groups is 1. The van der Waals surface area contributed by atoms with Crippen LogP contribution >= 0.6 is 0 Å². The van der Waals surface area contributed by atoms with E-state index in [1.54, 1.807) is 0 Å². The Hall–Kier alpha value is -1.76. The summed E-state index contributed by atoms with van der Waals surface area (Å²) >= 11 is 0. The molecule has 0 spiro atoms. The van der Waals surface area contributed by atoms with Crippen LogP contribution in [0.3, 0.4) is 0 Å². The summed E-state index contributed by atoms with van der Waals surface area (Å²) in [6, 6.07) is 2.05. The Morgan fingerprint density at radius 1 is 1.37 bits per heavy atom. The van der Waals surface area contributed by atoms with Gasteiger partial charge in [-0.15, -0.1) is 0 Å². The Morgan fingerprint density at radius 2 is 2.05 bits per heavy atom. The highest BCUT2D eigenvalue weighted by Gasteiger charge is 2.35. The highest BCUT2D eigenvalue weighted by Crippen LogP contribution is 2.37. The number of rotatable bonds is 2. The zero-order valence-corrected chi connectivity index (χ0v) is 9.74. The van der Waals surface area contributed by atoms with E-state index in [1.807, 2.05) is 0 Å². The molecule has 1 fully saturated rings. The summed E-state index contributed by atoms with van der Waals surface area (Å²) in [5.74, 6) is -1.92. The van der Waals surface area contributed by atoms with Gasteiger partial charge in [0.1, 0.15) is 5.75 Å². The minimum atomic E-state index is -4.49. The number of carboxylic acids is 1. The van der Waals surface area contributed by atoms with Crippen LogP contribution in [0.25, 0.3) is 0 Å². The van der Waals surface area contributed by atoms with Crippen molar-refractivity contribution in [2.24, 2.45) is 5.92 Å². The predicted molar refractivity (Wildman–Crippen MR) is 59.6 cm³/mol. The maximum atomic E-state index is 12.6. The number of nitrogens with one attached hydrogen (secondary N) is 1. The molecular formula is C12H12F3NO3. The van der Waals surface area contributed by atoms with Crippen molar-refractivity contribution in [2.45, 2.75) is 18.6 Å². The molecule has 1 aliphatic heterocycles. The van der Waals surface area contributed by atoms with Crippen molar-refractivity contribution in [3.05, 3.63) is 29.3 Å². The maximum Gasteiger partial charge on any atom is 0.416 e. The van der Waals surface area contributed by atoms with E-state index in [0.717, 1.165) is 18.2 Å². The number of carbonyl (C=O) groups is 1. The van der Waals surface area contributed by atoms with Gasteiger partial charge in [-0.2, -0.15) is 13.2 Å². The number of hydrogen-bond acceptors (Lipinski definition) is 3. The quantitative estimate of drug-likeness (QED) is 0.773. The van der Waals surface area contributed by atoms with Crippen molar-refractivity contribution in [1.82, 2.24) is 5.32 Å². The molecule has 1 aromatic carbocycles. The zero-order chi connectivity index (χ0) is 14.2. The van der Waals surface area contributed by atoms with Crippen molar-refractivity contribution in [2.75, 3.05) is 6.54 Å². The fourth-order valence-corrected chi connectivity index (χ4v) is 2.17. The smallest absolute Gasteiger partial charge is 0.416 e. The third kappa shape index (κ3) is 2.81. The summed E-state index contributed by atoms with van der Waals surface area (Å²) in [6.45, 7) is 0.176. The highest BCUT2D eigenvalue weighted by molar-refractivity contribution is 5.71. The van der Waals surface area contributed by atoms with Crippen LogP contribution in [0.4, 0.5) is 13.2 Å². The summed E-state index contributed by atoms with van der Waals surface area (Å²) in [5, 5.41) is 21.3. The third-order valence-electron chi connectivity index (χ3n) is 3.21. The maximum absolute atomic E-state index is 12.6. The average molecular weight is 275 g/mol. The molecule has 4 nitrogen and oxygen atoms in total. The van der Waals surface area contributed by atoms with Gasteiger partial charge in [0.05, 0.1) is 11.5 Å². The van der Waals surface area contributed by atoms with Crippen molar-refractivity contribution in [1.29, 1.82) is 0 Å². The molecule has 19 heavy (non-hydrogen) atoms. The topological polar surface area (TPSA) is 69.6 Å². The van der Waals surface area contributed by atoms with Gasteiger partial charge in [0, 0.05) is 18.2 Å². The molecule has 0 amide bonds. The lowest BCUT2D eigenvalue weighted by molar-refractivity contribution is -0.141. The van der Waals surface area contributed by atoms with Crippen LogP contribution in [0.5, 0.6) is 5.75 Å². The van der Waals surface area contributed by atoms with Gasteiger partial charge in [-0.05, 0) is 24.6 Å². The van der Waals surface area contributed by atoms with Crippen LogP contribution in [0, 0.1) is 5.92 Å². The SMILES string of the molecule is O=C(O)C1CNC(c2cc(C(F)(F)F)ccc2O)C1. The summed E-state index contributed by atoms with van der Waals surface area (Å²) in [4.78, 5) is 10.8. The van der Waals surface area contributed by atoms with Crippen molar-refractivity contribution in [3.63, 3.8) is 0 Å². The van der Waals surface area contributed by atoms with Crippen molar-refractivity contribution in [3.8, 4) is 5.75 Å². The first-order valence-electron chi connectivity index (χ1n) is 5.65. The minimum absolute atomic E-state index is 0.0820. The van der Waals surface area contributed by atoms with E-state index in [1.165, 1.54) is 0 Å². The number of halogens is 3. The highest BCUT2D eigenvalue weighted by atomic mass is 19.4. The van der Waals surface area contributed by atoms with Gasteiger partial charge >= 0.3 is 12.1 Å². The molecule has 2 atom stereocenters. The summed E-state index contributed by atoms with van der Waals surface area (Å²) in [7, 11) is 0. The van der Waals surface area contributed by atoms with Crippen LogP contribution in [-0.4, -0.2) is 22.7 Å². The molecule has 2 rings (SSSR count). The second kappa shape index (κ2) is 4.73. The van der Waals surface area contributed by atoms with Crippen molar-refractivity contribution >= 4 is 5.97 Å². The number of carboxylic acid groups (broad SMARTS) is 1. The third-order valence-corrected chi connectivity index (χ3v) is 3.21. The molecule has 0 radical (unpaired) electrons. The Morgan fingerprint density at radius 3 is 2.58 bits per heavy atom. The lowest BCUT2D eigenvalue weighted by Gasteiger charge is -2.15. The number of benzene rings is 1. The number of aliphatic carboxylic acids is 1. The van der Waals surface area contributed by atoms with Gasteiger partial charge in [0.15, 0.2) is 0 Å². The van der Waals surface area contributed by atoms with Gasteiger partial charge in [0.25, 0.3) is 0 Å². The number of phenolic OH excluding ortho intramolecular Hbond substituents is 1. The number of hydrogen-bond donors (Lipinski definition) is 3. The van der Waals surface area contributed by atoms with Gasteiger partial charge in [0.2, 0.25) is 0 Å². The van der Waals surface area contributed by atoms with Crippen molar-refractivity contribution < 1.29 is 28.2 Å². The van der Waals surface area contributed by atoms with E-state index in [9.17, 15) is 23.1 Å². The molecule has 1 aliphatic rings. The number of phenols is 1. The average Bonchev–Trinajstić information content (AvgIpc) is 2.77. The predicted octanol–water partition coefficient (Wildman–Crippen LogP) is 2.15. The van der Waals surface area contributed by atoms with E-state index in [2.05, 4.69) is 5.32 Å². The fraction of sp³-hybridized carbons (Fsp3) is 0.417. The Bertz CT molecular complexity index is 501. The van der Waals surface area contributed by atoms with E-state index >= 15 is 0 Å². The monoisotopic (exact) mass is 275 g/mol.